The highest BCUT2D eigenvalue weighted by atomic mass is 16.5. The van der Waals surface area contributed by atoms with Gasteiger partial charge in [0.25, 0.3) is 0 Å². The highest BCUT2D eigenvalue weighted by Crippen LogP contribution is 2.41. The summed E-state index contributed by atoms with van der Waals surface area (Å²) in [5.74, 6) is 0.780. The van der Waals surface area contributed by atoms with Crippen LogP contribution in [-0.4, -0.2) is 30.7 Å². The molecule has 0 aliphatic heterocycles. The maximum atomic E-state index is 12.1. The van der Waals surface area contributed by atoms with Gasteiger partial charge in [-0.05, 0) is 50.5 Å². The summed E-state index contributed by atoms with van der Waals surface area (Å²) < 4.78 is 6.25. The van der Waals surface area contributed by atoms with E-state index in [0.29, 0.717) is 24.5 Å². The number of rotatable bonds is 9. The summed E-state index contributed by atoms with van der Waals surface area (Å²) in [6.45, 7) is 5.63. The molecule has 2 saturated carbocycles. The van der Waals surface area contributed by atoms with Gasteiger partial charge < -0.3 is 15.8 Å². The second-order valence-electron chi connectivity index (χ2n) is 6.84. The van der Waals surface area contributed by atoms with Crippen molar-refractivity contribution in [3.8, 4) is 0 Å². The Kier molecular flexibility index (Phi) is 6.06. The van der Waals surface area contributed by atoms with Gasteiger partial charge in [-0.25, -0.2) is 0 Å². The minimum absolute atomic E-state index is 0.234. The molecule has 4 heteroatoms. The van der Waals surface area contributed by atoms with Crippen molar-refractivity contribution < 1.29 is 9.53 Å². The first kappa shape index (κ1) is 16.8. The Hall–Kier alpha value is -0.610. The van der Waals surface area contributed by atoms with E-state index in [-0.39, 0.29) is 5.91 Å². The van der Waals surface area contributed by atoms with Crippen molar-refractivity contribution in [1.82, 2.24) is 5.32 Å². The molecule has 122 valence electrons. The van der Waals surface area contributed by atoms with Crippen molar-refractivity contribution in [2.75, 3.05) is 13.2 Å². The van der Waals surface area contributed by atoms with Gasteiger partial charge in [-0.3, -0.25) is 4.79 Å². The SMILES string of the molecule is CCCNC(COC1CCCCC1CC)(C(N)=O)C1CC1. The van der Waals surface area contributed by atoms with E-state index in [1.165, 1.54) is 25.7 Å². The molecule has 2 fully saturated rings. The van der Waals surface area contributed by atoms with E-state index in [0.717, 1.165) is 32.2 Å². The van der Waals surface area contributed by atoms with E-state index >= 15 is 0 Å². The third-order valence-electron chi connectivity index (χ3n) is 5.29. The molecule has 0 aromatic rings. The predicted octanol–water partition coefficient (Wildman–Crippen LogP) is 2.61. The maximum absolute atomic E-state index is 12.1. The van der Waals surface area contributed by atoms with E-state index in [4.69, 9.17) is 10.5 Å². The molecule has 3 unspecified atom stereocenters. The summed E-state index contributed by atoms with van der Waals surface area (Å²) in [6, 6.07) is 0. The van der Waals surface area contributed by atoms with Gasteiger partial charge >= 0.3 is 0 Å². The zero-order valence-corrected chi connectivity index (χ0v) is 13.7. The second-order valence-corrected chi connectivity index (χ2v) is 6.84. The van der Waals surface area contributed by atoms with Crippen LogP contribution < -0.4 is 11.1 Å². The van der Waals surface area contributed by atoms with Crippen LogP contribution in [-0.2, 0) is 9.53 Å². The summed E-state index contributed by atoms with van der Waals surface area (Å²) in [6.07, 6.45) is 9.61. The number of nitrogens with one attached hydrogen (secondary N) is 1. The van der Waals surface area contributed by atoms with Gasteiger partial charge in [-0.2, -0.15) is 0 Å². The molecule has 2 aliphatic carbocycles. The molecule has 0 aromatic carbocycles. The molecule has 0 spiro atoms. The van der Waals surface area contributed by atoms with Crippen LogP contribution in [0.5, 0.6) is 0 Å². The average Bonchev–Trinajstić information content (AvgIpc) is 3.33. The largest absolute Gasteiger partial charge is 0.375 e. The van der Waals surface area contributed by atoms with E-state index in [1.807, 2.05) is 0 Å². The first-order valence-electron chi connectivity index (χ1n) is 8.80. The zero-order valence-electron chi connectivity index (χ0n) is 13.7. The Morgan fingerprint density at radius 2 is 1.95 bits per heavy atom. The molecular formula is C17H32N2O2. The number of hydrogen-bond donors (Lipinski definition) is 2. The number of ether oxygens (including phenoxy) is 1. The van der Waals surface area contributed by atoms with Crippen LogP contribution in [0.3, 0.4) is 0 Å². The Balaban J connectivity index is 1.99. The standard InChI is InChI=1S/C17H32N2O2/c1-3-11-19-17(16(18)20,14-9-10-14)12-21-15-8-6-5-7-13(15)4-2/h13-15,19H,3-12H2,1-2H3,(H2,18,20). The molecule has 4 nitrogen and oxygen atoms in total. The normalized spacial score (nSPS) is 29.0. The molecule has 1 amide bonds. The molecule has 21 heavy (non-hydrogen) atoms. The highest BCUT2D eigenvalue weighted by Gasteiger charge is 2.50. The number of carbonyl (C=O) groups is 1. The Labute approximate surface area is 129 Å². The molecule has 0 heterocycles. The first-order chi connectivity index (χ1) is 10.1. The highest BCUT2D eigenvalue weighted by molar-refractivity contribution is 5.85. The average molecular weight is 296 g/mol. The van der Waals surface area contributed by atoms with Crippen molar-refractivity contribution >= 4 is 5.91 Å². The quantitative estimate of drug-likeness (QED) is 0.687. The van der Waals surface area contributed by atoms with E-state index in [9.17, 15) is 4.79 Å². The monoisotopic (exact) mass is 296 g/mol. The summed E-state index contributed by atoms with van der Waals surface area (Å²) in [4.78, 5) is 12.1. The summed E-state index contributed by atoms with van der Waals surface area (Å²) >= 11 is 0. The van der Waals surface area contributed by atoms with E-state index in [1.54, 1.807) is 0 Å². The summed E-state index contributed by atoms with van der Waals surface area (Å²) in [5, 5.41) is 3.42. The van der Waals surface area contributed by atoms with Crippen LogP contribution in [0, 0.1) is 11.8 Å². The summed E-state index contributed by atoms with van der Waals surface area (Å²) in [7, 11) is 0. The molecular weight excluding hydrogens is 264 g/mol. The molecule has 2 rings (SSSR count). The van der Waals surface area contributed by atoms with Crippen LogP contribution in [0.1, 0.15) is 65.2 Å². The molecule has 0 bridgehead atoms. The molecule has 0 aromatic heterocycles. The van der Waals surface area contributed by atoms with Crippen LogP contribution in [0.4, 0.5) is 0 Å². The Morgan fingerprint density at radius 3 is 2.52 bits per heavy atom. The number of hydrogen-bond acceptors (Lipinski definition) is 3. The zero-order chi connectivity index (χ0) is 15.3. The fourth-order valence-electron chi connectivity index (χ4n) is 3.70. The van der Waals surface area contributed by atoms with Crippen LogP contribution in [0.15, 0.2) is 0 Å². The van der Waals surface area contributed by atoms with Gasteiger partial charge in [0.1, 0.15) is 5.54 Å². The van der Waals surface area contributed by atoms with Crippen LogP contribution >= 0.6 is 0 Å². The third-order valence-corrected chi connectivity index (χ3v) is 5.29. The second kappa shape index (κ2) is 7.59. The van der Waals surface area contributed by atoms with E-state index in [2.05, 4.69) is 19.2 Å². The minimum Gasteiger partial charge on any atom is -0.375 e. The molecule has 0 radical (unpaired) electrons. The van der Waals surface area contributed by atoms with Crippen molar-refractivity contribution in [3.05, 3.63) is 0 Å². The molecule has 0 saturated heterocycles. The van der Waals surface area contributed by atoms with Crippen molar-refractivity contribution in [3.63, 3.8) is 0 Å². The fourth-order valence-corrected chi connectivity index (χ4v) is 3.70. The Morgan fingerprint density at radius 1 is 1.24 bits per heavy atom. The van der Waals surface area contributed by atoms with Gasteiger partial charge in [0.15, 0.2) is 0 Å². The molecule has 2 aliphatic rings. The van der Waals surface area contributed by atoms with E-state index < -0.39 is 5.54 Å². The lowest BCUT2D eigenvalue weighted by Gasteiger charge is -2.37. The lowest BCUT2D eigenvalue weighted by atomic mass is 9.84. The molecule has 3 N–H and O–H groups in total. The lowest BCUT2D eigenvalue weighted by Crippen LogP contribution is -2.61. The van der Waals surface area contributed by atoms with Crippen molar-refractivity contribution in [1.29, 1.82) is 0 Å². The van der Waals surface area contributed by atoms with Crippen molar-refractivity contribution in [2.24, 2.45) is 17.6 Å². The smallest absolute Gasteiger partial charge is 0.240 e. The van der Waals surface area contributed by atoms with Crippen LogP contribution in [0.2, 0.25) is 0 Å². The number of amides is 1. The van der Waals surface area contributed by atoms with Gasteiger partial charge in [0.2, 0.25) is 5.91 Å². The van der Waals surface area contributed by atoms with Gasteiger partial charge in [-0.15, -0.1) is 0 Å². The Bertz CT molecular complexity index is 344. The number of primary amides is 1. The fraction of sp³-hybridized carbons (Fsp3) is 0.941. The van der Waals surface area contributed by atoms with Gasteiger partial charge in [0.05, 0.1) is 12.7 Å². The van der Waals surface area contributed by atoms with Gasteiger partial charge in [-0.1, -0.05) is 33.1 Å². The minimum atomic E-state index is -0.633. The topological polar surface area (TPSA) is 64.3 Å². The lowest BCUT2D eigenvalue weighted by molar-refractivity contribution is -0.131. The molecule has 3 atom stereocenters. The van der Waals surface area contributed by atoms with Gasteiger partial charge in [0, 0.05) is 0 Å². The summed E-state index contributed by atoms with van der Waals surface area (Å²) in [5.41, 5.74) is 5.12. The predicted molar refractivity (Wildman–Crippen MR) is 84.9 cm³/mol. The van der Waals surface area contributed by atoms with Crippen LogP contribution in [0.25, 0.3) is 0 Å². The number of carbonyl (C=O) groups excluding carboxylic acids is 1. The first-order valence-corrected chi connectivity index (χ1v) is 8.80. The number of nitrogens with two attached hydrogens (primary N) is 1. The maximum Gasteiger partial charge on any atom is 0.240 e. The third kappa shape index (κ3) is 3.98. The van der Waals surface area contributed by atoms with Crippen molar-refractivity contribution in [2.45, 2.75) is 76.9 Å².